The van der Waals surface area contributed by atoms with Crippen molar-refractivity contribution in [2.45, 2.75) is 79.4 Å². The van der Waals surface area contributed by atoms with Crippen molar-refractivity contribution in [1.82, 2.24) is 16.0 Å². The normalized spacial score (nSPS) is 21.7. The molecule has 0 radical (unpaired) electrons. The molecule has 3 rings (SSSR count). The van der Waals surface area contributed by atoms with Crippen molar-refractivity contribution < 1.29 is 48.1 Å². The minimum atomic E-state index is -1.33. The second kappa shape index (κ2) is 14.0. The third kappa shape index (κ3) is 7.43. The lowest BCUT2D eigenvalue weighted by molar-refractivity contribution is -0.168. The van der Waals surface area contributed by atoms with Gasteiger partial charge in [-0.25, -0.2) is 0 Å². The van der Waals surface area contributed by atoms with Gasteiger partial charge >= 0.3 is 5.97 Å². The van der Waals surface area contributed by atoms with Gasteiger partial charge in [-0.2, -0.15) is 0 Å². The quantitative estimate of drug-likeness (QED) is 0.198. The molecule has 1 heterocycles. The molecule has 1 aromatic rings. The van der Waals surface area contributed by atoms with Crippen molar-refractivity contribution in [3.63, 3.8) is 0 Å². The van der Waals surface area contributed by atoms with E-state index in [0.717, 1.165) is 6.92 Å². The topological polar surface area (TPSA) is 194 Å². The zero-order chi connectivity index (χ0) is 33.6. The Balaban J connectivity index is 0.00000159. The van der Waals surface area contributed by atoms with E-state index in [9.17, 15) is 28.8 Å². The minimum absolute atomic E-state index is 0.118. The summed E-state index contributed by atoms with van der Waals surface area (Å²) in [6, 6.07) is 3.87. The first-order valence-electron chi connectivity index (χ1n) is 14.3. The Morgan fingerprint density at radius 2 is 1.59 bits per heavy atom. The number of amides is 3. The number of ether oxygens (including phenoxy) is 2. The van der Waals surface area contributed by atoms with Crippen LogP contribution in [-0.4, -0.2) is 78.2 Å². The monoisotopic (exact) mass is 617 g/mol. The summed E-state index contributed by atoms with van der Waals surface area (Å²) in [7, 11) is 1.46. The van der Waals surface area contributed by atoms with E-state index >= 15 is 0 Å². The molecule has 3 atom stereocenters. The molecule has 1 saturated carbocycles. The third-order valence-corrected chi connectivity index (χ3v) is 8.66. The fraction of sp³-hybridized carbons (Fsp3) is 0.581. The Morgan fingerprint density at radius 3 is 2.07 bits per heavy atom. The van der Waals surface area contributed by atoms with Gasteiger partial charge in [0.2, 0.25) is 11.8 Å². The number of carboxylic acid groups (broad SMARTS) is 1. The maximum atomic E-state index is 13.0. The molecule has 0 aromatic heterocycles. The van der Waals surface area contributed by atoms with Gasteiger partial charge in [-0.05, 0) is 50.8 Å². The number of carbonyl (C=O) groups is 7. The van der Waals surface area contributed by atoms with Crippen LogP contribution in [0.2, 0.25) is 0 Å². The van der Waals surface area contributed by atoms with E-state index in [2.05, 4.69) is 16.0 Å². The van der Waals surface area contributed by atoms with E-state index in [-0.39, 0.29) is 31.2 Å². The van der Waals surface area contributed by atoms with Crippen LogP contribution in [0, 0.1) is 16.7 Å². The number of ketones is 2. The predicted molar refractivity (Wildman–Crippen MR) is 158 cm³/mol. The van der Waals surface area contributed by atoms with Gasteiger partial charge in [0, 0.05) is 23.5 Å². The van der Waals surface area contributed by atoms with Gasteiger partial charge in [-0.15, -0.1) is 0 Å². The van der Waals surface area contributed by atoms with Crippen LogP contribution in [0.4, 0.5) is 0 Å². The second-order valence-corrected chi connectivity index (χ2v) is 12.2. The number of fused-ring (bicyclic) bond motifs is 2. The maximum Gasteiger partial charge on any atom is 0.313 e. The lowest BCUT2D eigenvalue weighted by atomic mass is 9.66. The van der Waals surface area contributed by atoms with Gasteiger partial charge in [0.25, 0.3) is 11.9 Å². The SMILES string of the molecule is CC(=O)O.COc1ccc(C(C)=O)cc1CC(=O)NC(C(=O)NCC(=O)CNC(=O)C12CCC(C)(C(=O)O1)C2(C)C)C(C)C. The van der Waals surface area contributed by atoms with Gasteiger partial charge in [-0.1, -0.05) is 27.7 Å². The summed E-state index contributed by atoms with van der Waals surface area (Å²) < 4.78 is 10.8. The Morgan fingerprint density at radius 1 is 1.00 bits per heavy atom. The highest BCUT2D eigenvalue weighted by Gasteiger charge is 2.75. The number of aliphatic carboxylic acids is 1. The average Bonchev–Trinajstić information content (AvgIpc) is 3.23. The third-order valence-electron chi connectivity index (χ3n) is 8.66. The van der Waals surface area contributed by atoms with Crippen molar-refractivity contribution in [2.75, 3.05) is 20.2 Å². The largest absolute Gasteiger partial charge is 0.496 e. The lowest BCUT2D eigenvalue weighted by Gasteiger charge is -2.35. The van der Waals surface area contributed by atoms with Crippen molar-refractivity contribution in [3.8, 4) is 5.75 Å². The second-order valence-electron chi connectivity index (χ2n) is 12.2. The average molecular weight is 618 g/mol. The zero-order valence-electron chi connectivity index (χ0n) is 26.5. The van der Waals surface area contributed by atoms with Crippen LogP contribution >= 0.6 is 0 Å². The number of esters is 1. The molecular formula is C31H43N3O10. The molecule has 2 fully saturated rings. The summed E-state index contributed by atoms with van der Waals surface area (Å²) in [5.41, 5.74) is -1.90. The highest BCUT2D eigenvalue weighted by atomic mass is 16.6. The van der Waals surface area contributed by atoms with E-state index in [4.69, 9.17) is 19.4 Å². The molecule has 2 aliphatic rings. The minimum Gasteiger partial charge on any atom is -0.496 e. The molecule has 13 heteroatoms. The number of methoxy groups -OCH3 is 1. The van der Waals surface area contributed by atoms with Crippen LogP contribution in [0.15, 0.2) is 18.2 Å². The van der Waals surface area contributed by atoms with E-state index < -0.39 is 57.9 Å². The Hall–Kier alpha value is -4.29. The molecule has 1 saturated heterocycles. The van der Waals surface area contributed by atoms with Gasteiger partial charge in [-0.3, -0.25) is 33.6 Å². The number of rotatable bonds is 12. The van der Waals surface area contributed by atoms with Crippen LogP contribution in [-0.2, 0) is 39.9 Å². The first kappa shape index (κ1) is 35.9. The van der Waals surface area contributed by atoms with Crippen molar-refractivity contribution in [3.05, 3.63) is 29.3 Å². The van der Waals surface area contributed by atoms with Crippen LogP contribution < -0.4 is 20.7 Å². The van der Waals surface area contributed by atoms with Crippen molar-refractivity contribution >= 4 is 41.2 Å². The molecule has 13 nitrogen and oxygen atoms in total. The summed E-state index contributed by atoms with van der Waals surface area (Å²) in [4.78, 5) is 84.3. The smallest absolute Gasteiger partial charge is 0.313 e. The number of hydrogen-bond acceptors (Lipinski definition) is 9. The molecule has 242 valence electrons. The van der Waals surface area contributed by atoms with Crippen LogP contribution in [0.25, 0.3) is 0 Å². The summed E-state index contributed by atoms with van der Waals surface area (Å²) in [6.07, 6.45) is 0.778. The van der Waals surface area contributed by atoms with Crippen LogP contribution in [0.5, 0.6) is 5.75 Å². The number of carboxylic acids is 1. The molecule has 3 unspecified atom stereocenters. The number of carbonyl (C=O) groups excluding carboxylic acids is 6. The molecular weight excluding hydrogens is 574 g/mol. The van der Waals surface area contributed by atoms with Gasteiger partial charge < -0.3 is 30.5 Å². The van der Waals surface area contributed by atoms with E-state index in [1.165, 1.54) is 14.0 Å². The number of benzene rings is 1. The van der Waals surface area contributed by atoms with E-state index in [0.29, 0.717) is 29.7 Å². The summed E-state index contributed by atoms with van der Waals surface area (Å²) in [6.45, 7) is 10.7. The van der Waals surface area contributed by atoms with Crippen LogP contribution in [0.3, 0.4) is 0 Å². The Kier molecular flexibility index (Phi) is 11.4. The summed E-state index contributed by atoms with van der Waals surface area (Å²) >= 11 is 0. The fourth-order valence-electron chi connectivity index (χ4n) is 5.50. The predicted octanol–water partition coefficient (Wildman–Crippen LogP) is 1.60. The first-order chi connectivity index (χ1) is 20.3. The highest BCUT2D eigenvalue weighted by Crippen LogP contribution is 2.65. The Labute approximate surface area is 256 Å². The fourth-order valence-corrected chi connectivity index (χ4v) is 5.50. The number of nitrogens with one attached hydrogen (secondary N) is 3. The van der Waals surface area contributed by atoms with Crippen molar-refractivity contribution in [1.29, 1.82) is 0 Å². The van der Waals surface area contributed by atoms with Gasteiger partial charge in [0.1, 0.15) is 11.8 Å². The molecule has 1 aliphatic heterocycles. The number of Topliss-reactive ketones (excluding diaryl/α,β-unsaturated/α-hetero) is 2. The van der Waals surface area contributed by atoms with Gasteiger partial charge in [0.15, 0.2) is 17.2 Å². The molecule has 3 amide bonds. The van der Waals surface area contributed by atoms with Gasteiger partial charge in [0.05, 0.1) is 32.0 Å². The summed E-state index contributed by atoms with van der Waals surface area (Å²) in [5, 5.41) is 15.2. The Bertz CT molecular complexity index is 1330. The number of hydrogen-bond donors (Lipinski definition) is 4. The highest BCUT2D eigenvalue weighted by molar-refractivity contribution is 5.99. The zero-order valence-corrected chi connectivity index (χ0v) is 26.5. The molecule has 4 N–H and O–H groups in total. The van der Waals surface area contributed by atoms with E-state index in [1.54, 1.807) is 39.0 Å². The molecule has 1 aromatic carbocycles. The lowest BCUT2D eigenvalue weighted by Crippen LogP contribution is -2.55. The van der Waals surface area contributed by atoms with E-state index in [1.807, 2.05) is 13.8 Å². The molecule has 1 aliphatic carbocycles. The molecule has 0 spiro atoms. The molecule has 44 heavy (non-hydrogen) atoms. The maximum absolute atomic E-state index is 13.0. The first-order valence-corrected chi connectivity index (χ1v) is 14.3. The molecule has 2 bridgehead atoms. The standard InChI is InChI=1S/C29H39N3O8.C2H4O2/c1-16(2)23(32-22(35)13-19-12-18(17(3)33)8-9-21(19)39-7)24(36)30-14-20(34)15-31-25(37)29-11-10-28(6,26(38)40-29)27(29,4)5;1-2(3)4/h8-9,12,16,23H,10-11,13-15H2,1-7H3,(H,30,36)(H,31,37)(H,32,35);1H3,(H,3,4). The van der Waals surface area contributed by atoms with Crippen molar-refractivity contribution in [2.24, 2.45) is 16.7 Å². The van der Waals surface area contributed by atoms with Crippen LogP contribution in [0.1, 0.15) is 77.2 Å². The summed E-state index contributed by atoms with van der Waals surface area (Å²) in [5.74, 6) is -3.24.